The minimum atomic E-state index is -0.119. The SMILES string of the molecule is Cc1c(C)c2c(c(C)c1O)C(C)(C)CC(C)(CCCC(C)C)O2. The van der Waals surface area contributed by atoms with Gasteiger partial charge in [0.05, 0.1) is 0 Å². The predicted octanol–water partition coefficient (Wildman–Crippen LogP) is 5.96. The summed E-state index contributed by atoms with van der Waals surface area (Å²) in [5.74, 6) is 2.19. The zero-order valence-electron chi connectivity index (χ0n) is 16.3. The molecule has 1 aliphatic rings. The lowest BCUT2D eigenvalue weighted by Gasteiger charge is -2.46. The molecule has 1 aliphatic heterocycles. The molecule has 1 aromatic rings. The van der Waals surface area contributed by atoms with Crippen molar-refractivity contribution in [1.82, 2.24) is 0 Å². The molecule has 1 unspecified atom stereocenters. The molecule has 0 fully saturated rings. The Labute approximate surface area is 142 Å². The van der Waals surface area contributed by atoms with Gasteiger partial charge in [0.25, 0.3) is 0 Å². The summed E-state index contributed by atoms with van der Waals surface area (Å²) >= 11 is 0. The van der Waals surface area contributed by atoms with Crippen molar-refractivity contribution in [2.75, 3.05) is 0 Å². The first kappa shape index (κ1) is 18.2. The summed E-state index contributed by atoms with van der Waals surface area (Å²) < 4.78 is 6.57. The highest BCUT2D eigenvalue weighted by atomic mass is 16.5. The molecule has 130 valence electrons. The largest absolute Gasteiger partial charge is 0.507 e. The highest BCUT2D eigenvalue weighted by molar-refractivity contribution is 5.60. The van der Waals surface area contributed by atoms with E-state index in [0.29, 0.717) is 5.75 Å². The van der Waals surface area contributed by atoms with Crippen LogP contribution in [0.1, 0.15) is 82.6 Å². The van der Waals surface area contributed by atoms with Crippen molar-refractivity contribution in [2.24, 2.45) is 5.92 Å². The maximum Gasteiger partial charge on any atom is 0.127 e. The molecule has 0 amide bonds. The summed E-state index contributed by atoms with van der Waals surface area (Å²) in [6.07, 6.45) is 4.54. The molecule has 2 rings (SSSR count). The second-order valence-corrected chi connectivity index (χ2v) is 8.83. The molecule has 1 heterocycles. The normalized spacial score (nSPS) is 22.8. The number of hydrogen-bond donors (Lipinski definition) is 1. The van der Waals surface area contributed by atoms with Gasteiger partial charge in [0, 0.05) is 5.56 Å². The van der Waals surface area contributed by atoms with Gasteiger partial charge in [0.15, 0.2) is 0 Å². The van der Waals surface area contributed by atoms with Crippen molar-refractivity contribution in [3.63, 3.8) is 0 Å². The number of phenolic OH excluding ortho intramolecular Hbond substituents is 1. The lowest BCUT2D eigenvalue weighted by molar-refractivity contribution is 0.0239. The molecule has 1 aromatic carbocycles. The Morgan fingerprint density at radius 1 is 1.04 bits per heavy atom. The van der Waals surface area contributed by atoms with Crippen LogP contribution in [0.2, 0.25) is 0 Å². The van der Waals surface area contributed by atoms with Crippen molar-refractivity contribution in [1.29, 1.82) is 0 Å². The Kier molecular flexibility index (Phi) is 4.76. The third kappa shape index (κ3) is 3.36. The summed E-state index contributed by atoms with van der Waals surface area (Å²) in [4.78, 5) is 0. The Balaban J connectivity index is 2.43. The third-order valence-electron chi connectivity index (χ3n) is 5.54. The molecule has 0 bridgehead atoms. The molecule has 0 aromatic heterocycles. The van der Waals surface area contributed by atoms with Crippen LogP contribution in [0.25, 0.3) is 0 Å². The lowest BCUT2D eigenvalue weighted by Crippen LogP contribution is -2.44. The quantitative estimate of drug-likeness (QED) is 0.742. The Hall–Kier alpha value is -1.18. The first-order valence-electron chi connectivity index (χ1n) is 9.01. The van der Waals surface area contributed by atoms with E-state index in [-0.39, 0.29) is 11.0 Å². The fourth-order valence-corrected chi connectivity index (χ4v) is 4.38. The standard InChI is InChI=1S/C21H34O2/c1-13(2)10-9-11-21(8)12-20(6,7)17-16(5)18(22)14(3)15(4)19(17)23-21/h13,22H,9-12H2,1-8H3. The van der Waals surface area contributed by atoms with E-state index in [1.807, 2.05) is 13.8 Å². The van der Waals surface area contributed by atoms with Crippen LogP contribution in [0.5, 0.6) is 11.5 Å². The average molecular weight is 319 g/mol. The topological polar surface area (TPSA) is 29.5 Å². The maximum absolute atomic E-state index is 10.5. The van der Waals surface area contributed by atoms with Gasteiger partial charge in [-0.1, -0.05) is 34.1 Å². The van der Waals surface area contributed by atoms with Crippen molar-refractivity contribution >= 4 is 0 Å². The second kappa shape index (κ2) is 6.03. The molecule has 0 saturated heterocycles. The van der Waals surface area contributed by atoms with Crippen LogP contribution in [-0.2, 0) is 5.41 Å². The smallest absolute Gasteiger partial charge is 0.127 e. The van der Waals surface area contributed by atoms with Gasteiger partial charge in [0.1, 0.15) is 17.1 Å². The molecule has 0 spiro atoms. The number of aromatic hydroxyl groups is 1. The zero-order valence-corrected chi connectivity index (χ0v) is 16.3. The molecule has 0 aliphatic carbocycles. The van der Waals surface area contributed by atoms with E-state index in [9.17, 15) is 5.11 Å². The fraction of sp³-hybridized carbons (Fsp3) is 0.714. The molecule has 1 N–H and O–H groups in total. The Morgan fingerprint density at radius 3 is 2.22 bits per heavy atom. The molecule has 23 heavy (non-hydrogen) atoms. The van der Waals surface area contributed by atoms with E-state index in [0.717, 1.165) is 41.2 Å². The lowest BCUT2D eigenvalue weighted by atomic mass is 9.69. The van der Waals surface area contributed by atoms with Crippen LogP contribution in [-0.4, -0.2) is 10.7 Å². The molecule has 1 atom stereocenters. The van der Waals surface area contributed by atoms with Gasteiger partial charge in [0.2, 0.25) is 0 Å². The van der Waals surface area contributed by atoms with E-state index in [4.69, 9.17) is 4.74 Å². The molecule has 0 saturated carbocycles. The number of rotatable bonds is 4. The minimum absolute atomic E-state index is 0.0141. The van der Waals surface area contributed by atoms with Crippen LogP contribution < -0.4 is 4.74 Å². The summed E-state index contributed by atoms with van der Waals surface area (Å²) in [5, 5.41) is 10.5. The first-order chi connectivity index (χ1) is 10.5. The molecular weight excluding hydrogens is 284 g/mol. The van der Waals surface area contributed by atoms with Gasteiger partial charge >= 0.3 is 0 Å². The Bertz CT molecular complexity index is 599. The molecule has 2 heteroatoms. The van der Waals surface area contributed by atoms with Crippen LogP contribution in [0.3, 0.4) is 0 Å². The van der Waals surface area contributed by atoms with Crippen molar-refractivity contribution in [3.8, 4) is 11.5 Å². The average Bonchev–Trinajstić information content (AvgIpc) is 2.40. The van der Waals surface area contributed by atoms with E-state index in [2.05, 4.69) is 41.5 Å². The Morgan fingerprint density at radius 2 is 1.65 bits per heavy atom. The van der Waals surface area contributed by atoms with Gasteiger partial charge in [-0.15, -0.1) is 0 Å². The summed E-state index contributed by atoms with van der Waals surface area (Å²) in [6.45, 7) is 17.5. The van der Waals surface area contributed by atoms with E-state index in [1.54, 1.807) is 0 Å². The van der Waals surface area contributed by atoms with Crippen LogP contribution in [0.15, 0.2) is 0 Å². The summed E-state index contributed by atoms with van der Waals surface area (Å²) in [5.41, 5.74) is 4.11. The highest BCUT2D eigenvalue weighted by Gasteiger charge is 2.43. The van der Waals surface area contributed by atoms with Crippen molar-refractivity contribution in [2.45, 2.75) is 92.1 Å². The number of fused-ring (bicyclic) bond motifs is 1. The second-order valence-electron chi connectivity index (χ2n) is 8.83. The van der Waals surface area contributed by atoms with Gasteiger partial charge < -0.3 is 9.84 Å². The summed E-state index contributed by atoms with van der Waals surface area (Å²) in [7, 11) is 0. The van der Waals surface area contributed by atoms with Gasteiger partial charge in [-0.05, 0) is 75.0 Å². The minimum Gasteiger partial charge on any atom is -0.507 e. The first-order valence-corrected chi connectivity index (χ1v) is 9.01. The highest BCUT2D eigenvalue weighted by Crippen LogP contribution is 2.52. The van der Waals surface area contributed by atoms with Gasteiger partial charge in [-0.25, -0.2) is 0 Å². The maximum atomic E-state index is 10.5. The third-order valence-corrected chi connectivity index (χ3v) is 5.54. The van der Waals surface area contributed by atoms with Crippen molar-refractivity contribution < 1.29 is 9.84 Å². The van der Waals surface area contributed by atoms with Gasteiger partial charge in [-0.3, -0.25) is 0 Å². The zero-order chi connectivity index (χ0) is 17.6. The van der Waals surface area contributed by atoms with Crippen LogP contribution in [0.4, 0.5) is 0 Å². The number of benzene rings is 1. The van der Waals surface area contributed by atoms with Crippen LogP contribution in [0, 0.1) is 26.7 Å². The van der Waals surface area contributed by atoms with E-state index >= 15 is 0 Å². The van der Waals surface area contributed by atoms with E-state index < -0.39 is 0 Å². The summed E-state index contributed by atoms with van der Waals surface area (Å²) in [6, 6.07) is 0. The molecule has 2 nitrogen and oxygen atoms in total. The molecule has 0 radical (unpaired) electrons. The van der Waals surface area contributed by atoms with E-state index in [1.165, 1.54) is 18.4 Å². The van der Waals surface area contributed by atoms with Crippen LogP contribution >= 0.6 is 0 Å². The number of phenols is 1. The van der Waals surface area contributed by atoms with Gasteiger partial charge in [-0.2, -0.15) is 0 Å². The number of ether oxygens (including phenoxy) is 1. The molecular formula is C21H34O2. The van der Waals surface area contributed by atoms with Crippen molar-refractivity contribution in [3.05, 3.63) is 22.3 Å². The monoisotopic (exact) mass is 318 g/mol. The predicted molar refractivity (Wildman–Crippen MR) is 97.7 cm³/mol. The number of hydrogen-bond acceptors (Lipinski definition) is 2. The fourth-order valence-electron chi connectivity index (χ4n) is 4.38.